The minimum Gasteiger partial charge on any atom is -0.746 e. The fourth-order valence-electron chi connectivity index (χ4n) is 0.329. The summed E-state index contributed by atoms with van der Waals surface area (Å²) in [6.45, 7) is 0. The Balaban J connectivity index is 0. The van der Waals surface area contributed by atoms with Crippen molar-refractivity contribution in [3.05, 3.63) is 0 Å². The number of cyclic esters (lactones) is 2. The summed E-state index contributed by atoms with van der Waals surface area (Å²) >= 11 is 9.06. The molecule has 0 radical (unpaired) electrons. The average Bonchev–Trinajstić information content (AvgIpc) is 1.85. The third-order valence-electron chi connectivity index (χ3n) is 0.647. The van der Waals surface area contributed by atoms with E-state index in [1.54, 1.807) is 0 Å². The Labute approximate surface area is 114 Å². The van der Waals surface area contributed by atoms with Crippen molar-refractivity contribution in [1.29, 1.82) is 0 Å². The maximum Gasteiger partial charge on any atom is 1.00 e. The van der Waals surface area contributed by atoms with Gasteiger partial charge in [0, 0.05) is 10.9 Å². The van der Waals surface area contributed by atoms with E-state index in [-0.39, 0.29) is 59.1 Å². The molecule has 0 spiro atoms. The monoisotopic (exact) mass is 196 g/mol. The smallest absolute Gasteiger partial charge is 0.746 e. The average molecular weight is 196 g/mol. The summed E-state index contributed by atoms with van der Waals surface area (Å²) in [5, 5.41) is 0. The van der Waals surface area contributed by atoms with Gasteiger partial charge in [0.05, 0.1) is 0 Å². The van der Waals surface area contributed by atoms with E-state index in [1.165, 1.54) is 0 Å². The maximum absolute atomic E-state index is 10.1. The number of ether oxygens (including phenoxy) is 2. The van der Waals surface area contributed by atoms with Crippen LogP contribution in [0.3, 0.4) is 0 Å². The van der Waals surface area contributed by atoms with Crippen LogP contribution in [-0.4, -0.2) is 17.0 Å². The van der Waals surface area contributed by atoms with Gasteiger partial charge in [0.1, 0.15) is 0 Å². The van der Waals surface area contributed by atoms with Crippen LogP contribution in [0.1, 0.15) is 0 Å². The molecule has 0 aliphatic carbocycles. The first-order chi connectivity index (χ1) is 3.70. The molecule has 0 aromatic heterocycles. The zero-order chi connectivity index (χ0) is 6.15. The van der Waals surface area contributed by atoms with Gasteiger partial charge in [-0.1, -0.05) is 0 Å². The van der Waals surface area contributed by atoms with Gasteiger partial charge in [-0.05, 0) is 0 Å². The number of carbonyl (C=O) groups excluding carboxylic acids is 1. The van der Waals surface area contributed by atoms with Gasteiger partial charge in [0.25, 0.3) is 0 Å². The minimum absolute atomic E-state index is 0. The Bertz CT molecular complexity index is 110. The summed E-state index contributed by atoms with van der Waals surface area (Å²) in [7, 11) is 0. The van der Waals surface area contributed by atoms with Crippen molar-refractivity contribution in [3.63, 3.8) is 0 Å². The third kappa shape index (κ3) is 4.11. The summed E-state index contributed by atoms with van der Waals surface area (Å²) in [6.07, 6.45) is -0.759. The van der Waals surface area contributed by atoms with Crippen molar-refractivity contribution in [1.82, 2.24) is 0 Å². The van der Waals surface area contributed by atoms with Crippen molar-refractivity contribution >= 4 is 31.4 Å². The molecule has 0 amide bonds. The summed E-state index contributed by atoms with van der Waals surface area (Å²) < 4.78 is 8.65. The summed E-state index contributed by atoms with van der Waals surface area (Å²) in [5.74, 6) is 0. The van der Waals surface area contributed by atoms with Crippen molar-refractivity contribution in [2.75, 3.05) is 0 Å². The van der Waals surface area contributed by atoms with Gasteiger partial charge in [0.2, 0.25) is 0 Å². The molecule has 0 aromatic carbocycles. The molecule has 7 heteroatoms. The van der Waals surface area contributed by atoms with Crippen LogP contribution in [-0.2, 0) is 34.7 Å². The van der Waals surface area contributed by atoms with Gasteiger partial charge in [-0.25, -0.2) is 4.79 Å². The maximum atomic E-state index is 10.1. The van der Waals surface area contributed by atoms with E-state index in [0.717, 1.165) is 0 Å². The minimum atomic E-state index is -0.759. The van der Waals surface area contributed by atoms with E-state index >= 15 is 0 Å². The van der Waals surface area contributed by atoms with E-state index in [9.17, 15) is 4.79 Å². The Hall–Kier alpha value is 1.97. The molecule has 2 atom stereocenters. The quantitative estimate of drug-likeness (QED) is 0.219. The zero-order valence-corrected chi connectivity index (χ0v) is 11.3. The van der Waals surface area contributed by atoms with Crippen LogP contribution >= 0.6 is 0 Å². The Morgan fingerprint density at radius 1 is 1.10 bits per heavy atom. The van der Waals surface area contributed by atoms with Crippen LogP contribution in [0.25, 0.3) is 0 Å². The fourth-order valence-corrected chi connectivity index (χ4v) is 0.597. The Morgan fingerprint density at radius 2 is 1.40 bits per heavy atom. The number of rotatable bonds is 0. The van der Waals surface area contributed by atoms with Gasteiger partial charge in [-0.3, -0.25) is 0 Å². The summed E-state index contributed by atoms with van der Waals surface area (Å²) in [6, 6.07) is 0. The fraction of sp³-hybridized carbons (Fsp3) is 0.667. The van der Waals surface area contributed by atoms with Crippen LogP contribution in [0.2, 0.25) is 0 Å². The SMILES string of the molecule is O=C1OC([S-])C([S-])O1.[Na+].[Na+]. The topological polar surface area (TPSA) is 35.5 Å². The number of hydrogen-bond acceptors (Lipinski definition) is 5. The normalized spacial score (nSPS) is 29.2. The summed E-state index contributed by atoms with van der Waals surface area (Å²) in [5.41, 5.74) is -1.37. The van der Waals surface area contributed by atoms with Crippen LogP contribution in [0.4, 0.5) is 4.79 Å². The zero-order valence-electron chi connectivity index (χ0n) is 5.70. The standard InChI is InChI=1S/C3H4O3S2.2Na/c4-3-5-1(7)2(8)6-3;;/h1-2,7-8H;;/q;2*+1/p-2. The molecule has 46 valence electrons. The molecule has 0 saturated carbocycles. The predicted molar refractivity (Wildman–Crippen MR) is 29.9 cm³/mol. The van der Waals surface area contributed by atoms with Crippen molar-refractivity contribution in [3.8, 4) is 0 Å². The van der Waals surface area contributed by atoms with Crippen molar-refractivity contribution in [2.45, 2.75) is 10.9 Å². The van der Waals surface area contributed by atoms with Crippen molar-refractivity contribution in [2.24, 2.45) is 0 Å². The van der Waals surface area contributed by atoms with Gasteiger partial charge < -0.3 is 34.7 Å². The van der Waals surface area contributed by atoms with Crippen LogP contribution in [0, 0.1) is 0 Å². The van der Waals surface area contributed by atoms with Crippen LogP contribution in [0.5, 0.6) is 0 Å². The molecule has 1 rings (SSSR count). The molecule has 3 nitrogen and oxygen atoms in total. The molecule has 0 N–H and O–H groups in total. The molecular weight excluding hydrogens is 194 g/mol. The first-order valence-corrected chi connectivity index (χ1v) is 2.83. The van der Waals surface area contributed by atoms with E-state index in [1.807, 2.05) is 0 Å². The first-order valence-electron chi connectivity index (χ1n) is 1.89. The van der Waals surface area contributed by atoms with Crippen molar-refractivity contribution < 1.29 is 73.4 Å². The molecule has 0 bridgehead atoms. The van der Waals surface area contributed by atoms with Gasteiger partial charge in [-0.2, -0.15) is 0 Å². The van der Waals surface area contributed by atoms with E-state index in [0.29, 0.717) is 0 Å². The second-order valence-electron chi connectivity index (χ2n) is 1.22. The molecule has 1 heterocycles. The molecule has 1 aliphatic rings. The molecule has 1 fully saturated rings. The third-order valence-corrected chi connectivity index (χ3v) is 1.51. The molecule has 0 aromatic rings. The molecule has 1 aliphatic heterocycles. The van der Waals surface area contributed by atoms with Gasteiger partial charge in [-0.15, -0.1) is 0 Å². The molecule has 10 heavy (non-hydrogen) atoms. The first kappa shape index (κ1) is 14.5. The second kappa shape index (κ2) is 6.48. The molecular formula is C3H2Na2O3S2. The van der Waals surface area contributed by atoms with E-state index < -0.39 is 17.0 Å². The Kier molecular flexibility index (Phi) is 9.39. The molecule has 1 saturated heterocycles. The van der Waals surface area contributed by atoms with E-state index in [2.05, 4.69) is 34.7 Å². The molecule has 2 unspecified atom stereocenters. The second-order valence-corrected chi connectivity index (χ2v) is 2.15. The Morgan fingerprint density at radius 3 is 1.50 bits per heavy atom. The van der Waals surface area contributed by atoms with Crippen LogP contribution < -0.4 is 59.1 Å². The predicted octanol–water partition coefficient (Wildman–Crippen LogP) is -6.09. The van der Waals surface area contributed by atoms with E-state index in [4.69, 9.17) is 0 Å². The van der Waals surface area contributed by atoms with Crippen LogP contribution in [0.15, 0.2) is 0 Å². The largest absolute Gasteiger partial charge is 1.00 e. The number of carbonyl (C=O) groups is 1. The van der Waals surface area contributed by atoms with Gasteiger partial charge >= 0.3 is 65.3 Å². The van der Waals surface area contributed by atoms with Gasteiger partial charge in [0.15, 0.2) is 0 Å². The number of hydrogen-bond donors (Lipinski definition) is 0. The summed E-state index contributed by atoms with van der Waals surface area (Å²) in [4.78, 5) is 10.1.